The van der Waals surface area contributed by atoms with Crippen LogP contribution < -0.4 is 10.1 Å². The third-order valence-electron chi connectivity index (χ3n) is 3.29. The number of halogens is 2. The molecule has 122 valence electrons. The Labute approximate surface area is 147 Å². The van der Waals surface area contributed by atoms with Crippen LogP contribution in [-0.2, 0) is 11.4 Å². The fourth-order valence-corrected chi connectivity index (χ4v) is 3.00. The molecule has 1 aliphatic heterocycles. The summed E-state index contributed by atoms with van der Waals surface area (Å²) in [5.74, 6) is -0.122. The lowest BCUT2D eigenvalue weighted by Gasteiger charge is -2.09. The Bertz CT molecular complexity index is 817. The van der Waals surface area contributed by atoms with Gasteiger partial charge in [0, 0.05) is 5.56 Å². The lowest BCUT2D eigenvalue weighted by Crippen LogP contribution is -2.18. The topological polar surface area (TPSA) is 62.2 Å². The van der Waals surface area contributed by atoms with E-state index >= 15 is 0 Å². The highest BCUT2D eigenvalue weighted by molar-refractivity contribution is 8.18. The number of hydrogen-bond donors (Lipinski definition) is 2. The molecular formula is C17H12ClFN2O2S. The average Bonchev–Trinajstić information content (AvgIpc) is 2.86. The van der Waals surface area contributed by atoms with Crippen LogP contribution in [0.5, 0.6) is 5.75 Å². The Balaban J connectivity index is 1.68. The number of amidine groups is 1. The van der Waals surface area contributed by atoms with Crippen LogP contribution in [0.25, 0.3) is 6.08 Å². The molecule has 0 saturated carbocycles. The van der Waals surface area contributed by atoms with Crippen LogP contribution in [0.3, 0.4) is 0 Å². The molecule has 2 N–H and O–H groups in total. The minimum atomic E-state index is -0.407. The van der Waals surface area contributed by atoms with Crippen molar-refractivity contribution in [2.24, 2.45) is 0 Å². The van der Waals surface area contributed by atoms with Crippen molar-refractivity contribution in [3.8, 4) is 5.75 Å². The monoisotopic (exact) mass is 362 g/mol. The fraction of sp³-hybridized carbons (Fsp3) is 0.0588. The van der Waals surface area contributed by atoms with Gasteiger partial charge in [0.15, 0.2) is 5.17 Å². The predicted octanol–water partition coefficient (Wildman–Crippen LogP) is 4.20. The number of thioether (sulfide) groups is 1. The molecule has 0 aromatic heterocycles. The first-order chi connectivity index (χ1) is 11.5. The molecule has 1 aliphatic rings. The summed E-state index contributed by atoms with van der Waals surface area (Å²) >= 11 is 7.04. The normalized spacial score (nSPS) is 15.7. The molecule has 4 nitrogen and oxygen atoms in total. The van der Waals surface area contributed by atoms with Crippen molar-refractivity contribution in [3.63, 3.8) is 0 Å². The third-order valence-corrected chi connectivity index (χ3v) is 4.47. The van der Waals surface area contributed by atoms with E-state index in [1.165, 1.54) is 6.07 Å². The van der Waals surface area contributed by atoms with Crippen LogP contribution in [0.2, 0.25) is 5.02 Å². The fourth-order valence-electron chi connectivity index (χ4n) is 2.08. The van der Waals surface area contributed by atoms with Crippen LogP contribution in [0, 0.1) is 11.2 Å². The Morgan fingerprint density at radius 3 is 2.62 bits per heavy atom. The standard InChI is InChI=1S/C17H12ClFN2O2S/c18-13-2-1-3-14(19)12(13)9-23-11-6-4-10(5-7-11)8-15-16(22)21-17(20)24-15/h1-8H,9H2,(H2,20,21,22)/b15-8-. The van der Waals surface area contributed by atoms with E-state index in [1.54, 1.807) is 42.5 Å². The lowest BCUT2D eigenvalue weighted by molar-refractivity contribution is -0.115. The van der Waals surface area contributed by atoms with E-state index in [9.17, 15) is 9.18 Å². The smallest absolute Gasteiger partial charge is 0.264 e. The van der Waals surface area contributed by atoms with Gasteiger partial charge in [0.25, 0.3) is 5.91 Å². The van der Waals surface area contributed by atoms with Crippen LogP contribution in [0.1, 0.15) is 11.1 Å². The highest BCUT2D eigenvalue weighted by Crippen LogP contribution is 2.26. The number of carbonyl (C=O) groups excluding carboxylic acids is 1. The first-order valence-corrected chi connectivity index (χ1v) is 8.17. The second-order valence-electron chi connectivity index (χ2n) is 4.95. The van der Waals surface area contributed by atoms with Gasteiger partial charge in [0.1, 0.15) is 18.2 Å². The summed E-state index contributed by atoms with van der Waals surface area (Å²) in [5, 5.41) is 10.3. The Kier molecular flexibility index (Phi) is 4.87. The molecule has 0 bridgehead atoms. The van der Waals surface area contributed by atoms with Crippen molar-refractivity contribution < 1.29 is 13.9 Å². The number of carbonyl (C=O) groups is 1. The van der Waals surface area contributed by atoms with E-state index in [0.717, 1.165) is 17.3 Å². The van der Waals surface area contributed by atoms with Gasteiger partial charge in [-0.3, -0.25) is 10.2 Å². The number of ether oxygens (including phenoxy) is 1. The van der Waals surface area contributed by atoms with Gasteiger partial charge >= 0.3 is 0 Å². The van der Waals surface area contributed by atoms with Crippen molar-refractivity contribution in [2.75, 3.05) is 0 Å². The molecular weight excluding hydrogens is 351 g/mol. The van der Waals surface area contributed by atoms with Gasteiger partial charge < -0.3 is 10.1 Å². The molecule has 0 atom stereocenters. The van der Waals surface area contributed by atoms with E-state index in [0.29, 0.717) is 21.2 Å². The van der Waals surface area contributed by atoms with Crippen molar-refractivity contribution in [1.29, 1.82) is 5.41 Å². The molecule has 24 heavy (non-hydrogen) atoms. The molecule has 0 radical (unpaired) electrons. The van der Waals surface area contributed by atoms with Crippen LogP contribution in [0.4, 0.5) is 4.39 Å². The van der Waals surface area contributed by atoms with E-state index in [1.807, 2.05) is 0 Å². The molecule has 0 spiro atoms. The summed E-state index contributed by atoms with van der Waals surface area (Å²) in [6.07, 6.45) is 1.69. The van der Waals surface area contributed by atoms with Gasteiger partial charge in [-0.15, -0.1) is 0 Å². The second kappa shape index (κ2) is 7.07. The largest absolute Gasteiger partial charge is 0.489 e. The molecule has 1 amide bonds. The average molecular weight is 363 g/mol. The van der Waals surface area contributed by atoms with Gasteiger partial charge in [-0.05, 0) is 47.7 Å². The maximum absolute atomic E-state index is 13.7. The van der Waals surface area contributed by atoms with Gasteiger partial charge in [-0.2, -0.15) is 0 Å². The first-order valence-electron chi connectivity index (χ1n) is 6.98. The number of hydrogen-bond acceptors (Lipinski definition) is 4. The summed E-state index contributed by atoms with van der Waals surface area (Å²) in [6, 6.07) is 11.5. The zero-order valence-corrected chi connectivity index (χ0v) is 13.9. The molecule has 2 aromatic rings. The zero-order valence-electron chi connectivity index (χ0n) is 12.3. The van der Waals surface area contributed by atoms with Crippen molar-refractivity contribution in [1.82, 2.24) is 5.32 Å². The van der Waals surface area contributed by atoms with Gasteiger partial charge in [-0.25, -0.2) is 4.39 Å². The lowest BCUT2D eigenvalue weighted by atomic mass is 10.2. The quantitative estimate of drug-likeness (QED) is 0.801. The molecule has 1 heterocycles. The highest BCUT2D eigenvalue weighted by Gasteiger charge is 2.22. The molecule has 0 unspecified atom stereocenters. The Morgan fingerprint density at radius 2 is 2.00 bits per heavy atom. The summed E-state index contributed by atoms with van der Waals surface area (Å²) in [4.78, 5) is 12.0. The highest BCUT2D eigenvalue weighted by atomic mass is 35.5. The Hall–Kier alpha value is -2.31. The van der Waals surface area contributed by atoms with Crippen LogP contribution in [-0.4, -0.2) is 11.1 Å². The first kappa shape index (κ1) is 16.5. The molecule has 1 fully saturated rings. The molecule has 2 aromatic carbocycles. The SMILES string of the molecule is N=C1NC(=O)/C(=C/c2ccc(OCc3c(F)cccc3Cl)cc2)S1. The van der Waals surface area contributed by atoms with Gasteiger partial charge in [0.2, 0.25) is 0 Å². The zero-order chi connectivity index (χ0) is 17.1. The maximum Gasteiger partial charge on any atom is 0.264 e. The van der Waals surface area contributed by atoms with Crippen molar-refractivity contribution in [3.05, 3.63) is 69.3 Å². The maximum atomic E-state index is 13.7. The van der Waals surface area contributed by atoms with Crippen molar-refractivity contribution in [2.45, 2.75) is 6.61 Å². The number of nitrogens with one attached hydrogen (secondary N) is 2. The second-order valence-corrected chi connectivity index (χ2v) is 6.41. The summed E-state index contributed by atoms with van der Waals surface area (Å²) in [5.41, 5.74) is 1.11. The van der Waals surface area contributed by atoms with E-state index in [4.69, 9.17) is 21.7 Å². The molecule has 0 aliphatic carbocycles. The molecule has 7 heteroatoms. The minimum Gasteiger partial charge on any atom is -0.489 e. The van der Waals surface area contributed by atoms with E-state index in [-0.39, 0.29) is 17.7 Å². The summed E-state index contributed by atoms with van der Waals surface area (Å²) in [7, 11) is 0. The molecule has 3 rings (SSSR count). The van der Waals surface area contributed by atoms with E-state index in [2.05, 4.69) is 5.32 Å². The van der Waals surface area contributed by atoms with Crippen LogP contribution >= 0.6 is 23.4 Å². The van der Waals surface area contributed by atoms with Crippen LogP contribution in [0.15, 0.2) is 47.4 Å². The summed E-state index contributed by atoms with van der Waals surface area (Å²) in [6.45, 7) is 0.0291. The number of rotatable bonds is 4. The number of benzene rings is 2. The Morgan fingerprint density at radius 1 is 1.25 bits per heavy atom. The number of amides is 1. The third kappa shape index (κ3) is 3.77. The predicted molar refractivity (Wildman–Crippen MR) is 93.6 cm³/mol. The van der Waals surface area contributed by atoms with E-state index < -0.39 is 5.82 Å². The minimum absolute atomic E-state index is 0.0291. The van der Waals surface area contributed by atoms with Crippen molar-refractivity contribution >= 4 is 40.5 Å². The van der Waals surface area contributed by atoms with Gasteiger partial charge in [-0.1, -0.05) is 29.8 Å². The van der Waals surface area contributed by atoms with Gasteiger partial charge in [0.05, 0.1) is 9.93 Å². The summed E-state index contributed by atoms with van der Waals surface area (Å²) < 4.78 is 19.2. The molecule has 1 saturated heterocycles.